The third-order valence-electron chi connectivity index (χ3n) is 11.0. The van der Waals surface area contributed by atoms with Gasteiger partial charge in [-0.05, 0) is 88.1 Å². The summed E-state index contributed by atoms with van der Waals surface area (Å²) in [5, 5.41) is 7.14. The minimum atomic E-state index is 0.888. The minimum absolute atomic E-state index is 0.888. The van der Waals surface area contributed by atoms with Crippen molar-refractivity contribution in [2.24, 2.45) is 0 Å². The Morgan fingerprint density at radius 1 is 0.400 bits per heavy atom. The molecule has 0 saturated carbocycles. The van der Waals surface area contributed by atoms with Crippen LogP contribution in [0.5, 0.6) is 0 Å². The van der Waals surface area contributed by atoms with E-state index in [1.807, 2.05) is 6.07 Å². The number of fused-ring (bicyclic) bond motifs is 7. The van der Waals surface area contributed by atoms with Gasteiger partial charge in [0.05, 0.1) is 22.4 Å². The van der Waals surface area contributed by atoms with Crippen LogP contribution in [0.25, 0.3) is 82.5 Å². The molecule has 258 valence electrons. The molecule has 0 radical (unpaired) electrons. The van der Waals surface area contributed by atoms with Crippen LogP contribution in [0.3, 0.4) is 0 Å². The monoisotopic (exact) mass is 702 g/mol. The molecule has 0 aliphatic carbocycles. The maximum absolute atomic E-state index is 6.60. The second kappa shape index (κ2) is 12.6. The smallest absolute Gasteiger partial charge is 0.159 e. The van der Waals surface area contributed by atoms with Crippen LogP contribution >= 0.6 is 0 Å². The van der Waals surface area contributed by atoms with Gasteiger partial charge in [-0.2, -0.15) is 0 Å². The molecule has 3 nitrogen and oxygen atoms in total. The number of furan rings is 1. The highest BCUT2D eigenvalue weighted by Crippen LogP contribution is 2.46. The van der Waals surface area contributed by atoms with E-state index in [-0.39, 0.29) is 0 Å². The lowest BCUT2D eigenvalue weighted by Gasteiger charge is -2.28. The molecular formula is C52H34N2O. The molecule has 11 rings (SSSR count). The number of aromatic nitrogens is 1. The first-order valence-corrected chi connectivity index (χ1v) is 18.8. The summed E-state index contributed by atoms with van der Waals surface area (Å²) in [4.78, 5) is 2.38. The summed E-state index contributed by atoms with van der Waals surface area (Å²) >= 11 is 0. The van der Waals surface area contributed by atoms with Crippen molar-refractivity contribution < 1.29 is 4.42 Å². The van der Waals surface area contributed by atoms with E-state index in [2.05, 4.69) is 210 Å². The Kier molecular flexibility index (Phi) is 7.17. The van der Waals surface area contributed by atoms with Gasteiger partial charge in [0.2, 0.25) is 0 Å². The molecule has 0 saturated heterocycles. The molecule has 2 aromatic heterocycles. The SMILES string of the molecule is c1ccc(N(c2ccc(-c3ccc4ccccc4c3)cc2)c2ccccc2-c2cccc3c2c2ccccc2n3-c2cccc3c2oc2ccccc23)cc1. The van der Waals surface area contributed by atoms with Gasteiger partial charge in [0.25, 0.3) is 0 Å². The molecule has 55 heavy (non-hydrogen) atoms. The summed E-state index contributed by atoms with van der Waals surface area (Å²) in [6, 6.07) is 73.9. The minimum Gasteiger partial charge on any atom is -0.454 e. The molecule has 0 bridgehead atoms. The average Bonchev–Trinajstić information content (AvgIpc) is 3.81. The second-order valence-electron chi connectivity index (χ2n) is 14.1. The first kappa shape index (κ1) is 31.2. The van der Waals surface area contributed by atoms with Crippen molar-refractivity contribution in [3.8, 4) is 27.9 Å². The van der Waals surface area contributed by atoms with Gasteiger partial charge in [-0.15, -0.1) is 0 Å². The summed E-state index contributed by atoms with van der Waals surface area (Å²) < 4.78 is 8.97. The van der Waals surface area contributed by atoms with Crippen molar-refractivity contribution in [3.05, 3.63) is 206 Å². The van der Waals surface area contributed by atoms with E-state index in [9.17, 15) is 0 Å². The number of para-hydroxylation sites is 5. The maximum Gasteiger partial charge on any atom is 0.159 e. The standard InChI is InChI=1S/C52H34N2O/c1-2-16-39(17-3-1)53(40-32-30-36(31-33-40)38-29-28-35-14-4-5-15-37(35)34-38)46-23-9-6-18-41(46)43-21-12-25-48-51(43)45-20-7-10-24-47(45)54(48)49-26-13-22-44-42-19-8-11-27-50(42)55-52(44)49/h1-34H. The second-order valence-corrected chi connectivity index (χ2v) is 14.1. The normalized spacial score (nSPS) is 11.6. The Hall–Kier alpha value is -7.36. The number of hydrogen-bond acceptors (Lipinski definition) is 2. The molecule has 0 unspecified atom stereocenters. The molecule has 11 aromatic rings. The number of hydrogen-bond donors (Lipinski definition) is 0. The van der Waals surface area contributed by atoms with Crippen molar-refractivity contribution in [2.75, 3.05) is 4.90 Å². The van der Waals surface area contributed by atoms with Crippen LogP contribution in [0, 0.1) is 0 Å². The lowest BCUT2D eigenvalue weighted by Crippen LogP contribution is -2.11. The molecular weight excluding hydrogens is 669 g/mol. The molecule has 0 amide bonds. The van der Waals surface area contributed by atoms with Crippen LogP contribution in [0.2, 0.25) is 0 Å². The van der Waals surface area contributed by atoms with E-state index in [1.165, 1.54) is 38.2 Å². The Morgan fingerprint density at radius 3 is 1.93 bits per heavy atom. The zero-order valence-electron chi connectivity index (χ0n) is 29.9. The van der Waals surface area contributed by atoms with E-state index in [1.54, 1.807) is 0 Å². The lowest BCUT2D eigenvalue weighted by atomic mass is 9.96. The van der Waals surface area contributed by atoms with Crippen LogP contribution in [0.4, 0.5) is 17.1 Å². The van der Waals surface area contributed by atoms with Gasteiger partial charge in [-0.1, -0.05) is 146 Å². The first-order chi connectivity index (χ1) is 27.3. The van der Waals surface area contributed by atoms with Crippen LogP contribution < -0.4 is 4.90 Å². The van der Waals surface area contributed by atoms with E-state index in [0.717, 1.165) is 61.3 Å². The Labute approximate surface area is 318 Å². The number of anilines is 3. The van der Waals surface area contributed by atoms with Crippen molar-refractivity contribution in [2.45, 2.75) is 0 Å². The van der Waals surface area contributed by atoms with E-state index < -0.39 is 0 Å². The number of rotatable bonds is 6. The molecule has 9 aromatic carbocycles. The Bertz CT molecular complexity index is 3210. The predicted octanol–water partition coefficient (Wildman–Crippen LogP) is 14.6. The van der Waals surface area contributed by atoms with Crippen LogP contribution in [-0.2, 0) is 0 Å². The van der Waals surface area contributed by atoms with Crippen molar-refractivity contribution >= 4 is 71.6 Å². The zero-order valence-corrected chi connectivity index (χ0v) is 29.9. The van der Waals surface area contributed by atoms with E-state index in [0.29, 0.717) is 0 Å². The molecule has 0 atom stereocenters. The molecule has 0 N–H and O–H groups in total. The Balaban J connectivity index is 1.10. The third-order valence-corrected chi connectivity index (χ3v) is 11.0. The molecule has 0 spiro atoms. The maximum atomic E-state index is 6.60. The van der Waals surface area contributed by atoms with E-state index in [4.69, 9.17) is 4.42 Å². The summed E-state index contributed by atoms with van der Waals surface area (Å²) in [6.07, 6.45) is 0. The number of nitrogens with zero attached hydrogens (tertiary/aromatic N) is 2. The summed E-state index contributed by atoms with van der Waals surface area (Å²) in [5.41, 5.74) is 13.1. The summed E-state index contributed by atoms with van der Waals surface area (Å²) in [7, 11) is 0. The van der Waals surface area contributed by atoms with Gasteiger partial charge < -0.3 is 13.9 Å². The third kappa shape index (κ3) is 5.05. The predicted molar refractivity (Wildman–Crippen MR) is 231 cm³/mol. The van der Waals surface area contributed by atoms with Crippen LogP contribution in [0.1, 0.15) is 0 Å². The summed E-state index contributed by atoms with van der Waals surface area (Å²) in [6.45, 7) is 0. The average molecular weight is 703 g/mol. The van der Waals surface area contributed by atoms with E-state index >= 15 is 0 Å². The highest BCUT2D eigenvalue weighted by Gasteiger charge is 2.22. The fourth-order valence-corrected chi connectivity index (χ4v) is 8.48. The van der Waals surface area contributed by atoms with Crippen molar-refractivity contribution in [3.63, 3.8) is 0 Å². The summed E-state index contributed by atoms with van der Waals surface area (Å²) in [5.74, 6) is 0. The number of benzene rings is 9. The fraction of sp³-hybridized carbons (Fsp3) is 0. The van der Waals surface area contributed by atoms with Gasteiger partial charge in [0.1, 0.15) is 5.58 Å². The molecule has 2 heterocycles. The van der Waals surface area contributed by atoms with Crippen LogP contribution in [-0.4, -0.2) is 4.57 Å². The zero-order chi connectivity index (χ0) is 36.3. The molecule has 0 aliphatic rings. The quantitative estimate of drug-likeness (QED) is 0.172. The molecule has 0 aliphatic heterocycles. The van der Waals surface area contributed by atoms with Gasteiger partial charge in [0.15, 0.2) is 5.58 Å². The van der Waals surface area contributed by atoms with Crippen molar-refractivity contribution in [1.82, 2.24) is 4.57 Å². The largest absolute Gasteiger partial charge is 0.454 e. The first-order valence-electron chi connectivity index (χ1n) is 18.8. The fourth-order valence-electron chi connectivity index (χ4n) is 8.48. The Morgan fingerprint density at radius 2 is 1.04 bits per heavy atom. The van der Waals surface area contributed by atoms with Crippen LogP contribution in [0.15, 0.2) is 211 Å². The van der Waals surface area contributed by atoms with Gasteiger partial charge in [0, 0.05) is 38.5 Å². The highest BCUT2D eigenvalue weighted by atomic mass is 16.3. The topological polar surface area (TPSA) is 21.3 Å². The lowest BCUT2D eigenvalue weighted by molar-refractivity contribution is 0.666. The molecule has 3 heteroatoms. The molecule has 0 fully saturated rings. The van der Waals surface area contributed by atoms with Gasteiger partial charge >= 0.3 is 0 Å². The highest BCUT2D eigenvalue weighted by molar-refractivity contribution is 6.18. The van der Waals surface area contributed by atoms with Gasteiger partial charge in [-0.25, -0.2) is 0 Å². The van der Waals surface area contributed by atoms with Gasteiger partial charge in [-0.3, -0.25) is 0 Å². The van der Waals surface area contributed by atoms with Crippen molar-refractivity contribution in [1.29, 1.82) is 0 Å².